The average molecular weight is 475 g/mol. The number of rotatable bonds is 7. The highest BCUT2D eigenvalue weighted by Gasteiger charge is 2.20. The van der Waals surface area contributed by atoms with E-state index < -0.39 is 12.5 Å². The van der Waals surface area contributed by atoms with Crippen LogP contribution in [0.3, 0.4) is 0 Å². The lowest BCUT2D eigenvalue weighted by Crippen LogP contribution is -2.37. The van der Waals surface area contributed by atoms with E-state index in [0.29, 0.717) is 47.7 Å². The molecule has 2 aromatic heterocycles. The Kier molecular flexibility index (Phi) is 7.21. The molecule has 1 atom stereocenters. The lowest BCUT2D eigenvalue weighted by molar-refractivity contribution is 0.0934. The van der Waals surface area contributed by atoms with Crippen molar-refractivity contribution in [3.63, 3.8) is 0 Å². The van der Waals surface area contributed by atoms with Gasteiger partial charge in [-0.25, -0.2) is 23.7 Å². The molecule has 3 aromatic rings. The number of hydrogen-bond donors (Lipinski definition) is 2. The van der Waals surface area contributed by atoms with Crippen molar-refractivity contribution in [2.24, 2.45) is 5.73 Å². The number of carbonyl (C=O) groups excluding carboxylic acids is 1. The first-order chi connectivity index (χ1) is 16.0. The number of nitrogens with two attached hydrogens (primary N) is 1. The molecule has 1 aliphatic rings. The zero-order chi connectivity index (χ0) is 23.4. The van der Waals surface area contributed by atoms with Gasteiger partial charge in [0, 0.05) is 37.6 Å². The second kappa shape index (κ2) is 10.3. The fourth-order valence-corrected chi connectivity index (χ4v) is 4.44. The van der Waals surface area contributed by atoms with Gasteiger partial charge >= 0.3 is 0 Å². The Hall–Kier alpha value is -3.02. The molecule has 1 saturated heterocycles. The first-order valence-electron chi connectivity index (χ1n) is 10.5. The number of benzene rings is 1. The molecule has 3 N–H and O–H groups in total. The van der Waals surface area contributed by atoms with Crippen LogP contribution in [0.5, 0.6) is 0 Å². The van der Waals surface area contributed by atoms with Crippen LogP contribution in [-0.2, 0) is 11.3 Å². The van der Waals surface area contributed by atoms with Gasteiger partial charge in [0.05, 0.1) is 24.1 Å². The zero-order valence-corrected chi connectivity index (χ0v) is 18.8. The molecule has 1 amide bonds. The van der Waals surface area contributed by atoms with E-state index in [1.165, 1.54) is 23.5 Å². The molecule has 0 bridgehead atoms. The molecule has 1 fully saturated rings. The molecule has 0 aliphatic carbocycles. The van der Waals surface area contributed by atoms with Crippen LogP contribution in [0.25, 0.3) is 10.4 Å². The zero-order valence-electron chi connectivity index (χ0n) is 18.0. The number of morpholine rings is 1. The molecular weight excluding hydrogens is 450 g/mol. The molecule has 0 saturated carbocycles. The maximum Gasteiger partial charge on any atom is 0.270 e. The van der Waals surface area contributed by atoms with Gasteiger partial charge in [-0.3, -0.25) is 4.79 Å². The molecule has 8 nitrogen and oxygen atoms in total. The Morgan fingerprint density at radius 2 is 2.06 bits per heavy atom. The number of hydrogen-bond acceptors (Lipinski definition) is 8. The number of thiazole rings is 1. The molecule has 11 heteroatoms. The Morgan fingerprint density at radius 1 is 1.27 bits per heavy atom. The summed E-state index contributed by atoms with van der Waals surface area (Å²) in [5.74, 6) is 0.141. The van der Waals surface area contributed by atoms with Crippen molar-refractivity contribution in [2.45, 2.75) is 25.9 Å². The Bertz CT molecular complexity index is 1120. The van der Waals surface area contributed by atoms with E-state index in [2.05, 4.69) is 20.3 Å². The number of nitrogens with one attached hydrogen (secondary N) is 1. The smallest absolute Gasteiger partial charge is 0.270 e. The number of ether oxygens (including phenoxy) is 1. The monoisotopic (exact) mass is 474 g/mol. The second-order valence-electron chi connectivity index (χ2n) is 7.52. The van der Waals surface area contributed by atoms with Crippen molar-refractivity contribution in [3.8, 4) is 10.4 Å². The third-order valence-corrected chi connectivity index (χ3v) is 6.50. The molecule has 3 heterocycles. The minimum atomic E-state index is -2.57. The summed E-state index contributed by atoms with van der Waals surface area (Å²) >= 11 is 1.33. The van der Waals surface area contributed by atoms with Crippen LogP contribution in [0.1, 0.15) is 46.0 Å². The van der Waals surface area contributed by atoms with E-state index in [9.17, 15) is 13.6 Å². The number of alkyl halides is 2. The summed E-state index contributed by atoms with van der Waals surface area (Å²) in [6, 6.07) is 5.60. The van der Waals surface area contributed by atoms with E-state index in [0.717, 1.165) is 5.56 Å². The normalized spacial score (nSPS) is 15.0. The third kappa shape index (κ3) is 5.32. The SMILES string of the molecule is C[C@@H](NC(=O)c1ccnc(N2CCOCC2)n1)c1ncc(-c2cc(C(F)F)ccc2CN)s1. The summed E-state index contributed by atoms with van der Waals surface area (Å²) in [4.78, 5) is 28.5. The fraction of sp³-hybridized carbons (Fsp3) is 0.364. The summed E-state index contributed by atoms with van der Waals surface area (Å²) in [5, 5.41) is 3.54. The fourth-order valence-electron chi connectivity index (χ4n) is 3.47. The Labute approximate surface area is 193 Å². The van der Waals surface area contributed by atoms with Crippen molar-refractivity contribution < 1.29 is 18.3 Å². The van der Waals surface area contributed by atoms with Gasteiger partial charge in [0.2, 0.25) is 5.95 Å². The van der Waals surface area contributed by atoms with Crippen LogP contribution in [0.2, 0.25) is 0 Å². The molecule has 0 unspecified atom stereocenters. The molecule has 4 rings (SSSR count). The van der Waals surface area contributed by atoms with Gasteiger partial charge in [-0.2, -0.15) is 0 Å². The van der Waals surface area contributed by atoms with E-state index in [-0.39, 0.29) is 23.7 Å². The topological polar surface area (TPSA) is 106 Å². The quantitative estimate of drug-likeness (QED) is 0.541. The van der Waals surface area contributed by atoms with Gasteiger partial charge in [-0.1, -0.05) is 12.1 Å². The molecule has 1 aromatic carbocycles. The summed E-state index contributed by atoms with van der Waals surface area (Å²) in [6.07, 6.45) is 0.605. The van der Waals surface area contributed by atoms with Crippen LogP contribution in [-0.4, -0.2) is 47.2 Å². The van der Waals surface area contributed by atoms with Gasteiger partial charge in [0.25, 0.3) is 12.3 Å². The van der Waals surface area contributed by atoms with Crippen molar-refractivity contribution in [1.82, 2.24) is 20.3 Å². The highest BCUT2D eigenvalue weighted by atomic mass is 32.1. The number of nitrogens with zero attached hydrogens (tertiary/aromatic N) is 4. The van der Waals surface area contributed by atoms with Gasteiger partial charge in [-0.15, -0.1) is 11.3 Å². The van der Waals surface area contributed by atoms with E-state index in [1.54, 1.807) is 24.5 Å². The van der Waals surface area contributed by atoms with E-state index >= 15 is 0 Å². The maximum atomic E-state index is 13.2. The predicted molar refractivity (Wildman–Crippen MR) is 121 cm³/mol. The lowest BCUT2D eigenvalue weighted by atomic mass is 10.0. The van der Waals surface area contributed by atoms with Crippen molar-refractivity contribution in [3.05, 3.63) is 58.5 Å². The van der Waals surface area contributed by atoms with Crippen LogP contribution < -0.4 is 16.0 Å². The first-order valence-corrected chi connectivity index (χ1v) is 11.3. The number of halogens is 2. The van der Waals surface area contributed by atoms with Gasteiger partial charge in [0.1, 0.15) is 10.7 Å². The molecular formula is C22H24F2N6O2S. The predicted octanol–water partition coefficient (Wildman–Crippen LogP) is 3.32. The molecule has 174 valence electrons. The summed E-state index contributed by atoms with van der Waals surface area (Å²) < 4.78 is 31.7. The minimum absolute atomic E-state index is 0.0710. The number of carbonyl (C=O) groups is 1. The van der Waals surface area contributed by atoms with Crippen LogP contribution in [0, 0.1) is 0 Å². The Morgan fingerprint density at radius 3 is 2.79 bits per heavy atom. The van der Waals surface area contributed by atoms with Crippen LogP contribution >= 0.6 is 11.3 Å². The van der Waals surface area contributed by atoms with E-state index in [1.807, 2.05) is 11.8 Å². The molecule has 33 heavy (non-hydrogen) atoms. The number of aromatic nitrogens is 3. The standard InChI is InChI=1S/C22H24F2N6O2S/c1-13(28-20(31)17-4-5-26-22(29-17)30-6-8-32-9-7-30)21-27-12-18(33-21)16-10-14(19(23)24)2-3-15(16)11-25/h2-5,10,12-13,19H,6-9,11,25H2,1H3,(H,28,31)/t13-/m1/s1. The first kappa shape index (κ1) is 23.1. The number of anilines is 1. The lowest BCUT2D eigenvalue weighted by Gasteiger charge is -2.26. The van der Waals surface area contributed by atoms with Gasteiger partial charge in [-0.05, 0) is 30.2 Å². The molecule has 0 spiro atoms. The molecule has 1 aliphatic heterocycles. The minimum Gasteiger partial charge on any atom is -0.378 e. The van der Waals surface area contributed by atoms with Crippen molar-refractivity contribution in [2.75, 3.05) is 31.2 Å². The number of amides is 1. The van der Waals surface area contributed by atoms with Crippen LogP contribution in [0.15, 0.2) is 36.7 Å². The summed E-state index contributed by atoms with van der Waals surface area (Å²) in [6.45, 7) is 4.55. The van der Waals surface area contributed by atoms with Crippen molar-refractivity contribution >= 4 is 23.2 Å². The highest BCUT2D eigenvalue weighted by molar-refractivity contribution is 7.15. The third-order valence-electron chi connectivity index (χ3n) is 5.28. The summed E-state index contributed by atoms with van der Waals surface area (Å²) in [7, 11) is 0. The second-order valence-corrected chi connectivity index (χ2v) is 8.58. The van der Waals surface area contributed by atoms with Gasteiger partial charge in [0.15, 0.2) is 0 Å². The summed E-state index contributed by atoms with van der Waals surface area (Å²) in [5.41, 5.74) is 7.36. The Balaban J connectivity index is 1.49. The maximum absolute atomic E-state index is 13.2. The van der Waals surface area contributed by atoms with Gasteiger partial charge < -0.3 is 20.7 Å². The highest BCUT2D eigenvalue weighted by Crippen LogP contribution is 2.34. The van der Waals surface area contributed by atoms with E-state index in [4.69, 9.17) is 10.5 Å². The largest absolute Gasteiger partial charge is 0.378 e. The van der Waals surface area contributed by atoms with Crippen molar-refractivity contribution in [1.29, 1.82) is 0 Å². The molecule has 0 radical (unpaired) electrons. The van der Waals surface area contributed by atoms with Crippen LogP contribution in [0.4, 0.5) is 14.7 Å². The average Bonchev–Trinajstić information content (AvgIpc) is 3.34.